The van der Waals surface area contributed by atoms with Gasteiger partial charge in [-0.15, -0.1) is 0 Å². The van der Waals surface area contributed by atoms with Crippen molar-refractivity contribution < 1.29 is 4.42 Å². The third kappa shape index (κ3) is 4.27. The first-order valence-electron chi connectivity index (χ1n) is 15.8. The maximum absolute atomic E-state index is 6.10. The molecule has 0 saturated heterocycles. The molecule has 0 aliphatic carbocycles. The molecule has 0 spiro atoms. The van der Waals surface area contributed by atoms with Crippen LogP contribution in [-0.2, 0) is 6.42 Å². The number of hydrogen-bond acceptors (Lipinski definition) is 4. The zero-order chi connectivity index (χ0) is 30.8. The first-order valence-corrected chi connectivity index (χ1v) is 15.8. The molecule has 0 atom stereocenters. The van der Waals surface area contributed by atoms with Gasteiger partial charge in [0.05, 0.1) is 34.0 Å². The summed E-state index contributed by atoms with van der Waals surface area (Å²) < 4.78 is 8.50. The number of nitrogens with zero attached hydrogens (tertiary/aromatic N) is 4. The highest BCUT2D eigenvalue weighted by Gasteiger charge is 2.17. The first-order chi connectivity index (χ1) is 22.6. The van der Waals surface area contributed by atoms with Crippen molar-refractivity contribution in [3.8, 4) is 28.1 Å². The van der Waals surface area contributed by atoms with Gasteiger partial charge in [0.2, 0.25) is 0 Å². The summed E-state index contributed by atoms with van der Waals surface area (Å²) in [5.74, 6) is 0.508. The molecule has 0 amide bonds. The van der Waals surface area contributed by atoms with E-state index in [0.717, 1.165) is 73.0 Å². The van der Waals surface area contributed by atoms with Crippen LogP contribution >= 0.6 is 0 Å². The Balaban J connectivity index is 1.29. The lowest BCUT2D eigenvalue weighted by Gasteiger charge is -2.15. The third-order valence-electron chi connectivity index (χ3n) is 8.92. The Hall–Kier alpha value is -5.81. The van der Waals surface area contributed by atoms with E-state index in [9.17, 15) is 0 Å². The minimum Gasteiger partial charge on any atom is -0.454 e. The number of aromatic nitrogens is 4. The van der Waals surface area contributed by atoms with E-state index in [4.69, 9.17) is 14.4 Å². The zero-order valence-corrected chi connectivity index (χ0v) is 25.6. The Kier molecular flexibility index (Phi) is 6.00. The summed E-state index contributed by atoms with van der Waals surface area (Å²) >= 11 is 0. The second-order valence-electron chi connectivity index (χ2n) is 12.5. The van der Waals surface area contributed by atoms with Crippen LogP contribution in [0.3, 0.4) is 0 Å². The van der Waals surface area contributed by atoms with Gasteiger partial charge < -0.3 is 8.98 Å². The minimum absolute atomic E-state index is 0.508. The molecule has 0 saturated carbocycles. The Morgan fingerprint density at radius 1 is 0.630 bits per heavy atom. The molecule has 220 valence electrons. The zero-order valence-electron chi connectivity index (χ0n) is 25.6. The van der Waals surface area contributed by atoms with Crippen molar-refractivity contribution in [2.75, 3.05) is 0 Å². The fraction of sp³-hybridized carbons (Fsp3) is 0.0976. The summed E-state index contributed by atoms with van der Waals surface area (Å²) in [4.78, 5) is 14.2. The van der Waals surface area contributed by atoms with Gasteiger partial charge in [-0.2, -0.15) is 0 Å². The highest BCUT2D eigenvalue weighted by atomic mass is 16.3. The van der Waals surface area contributed by atoms with Crippen LogP contribution in [0.4, 0.5) is 0 Å². The quantitative estimate of drug-likeness (QED) is 0.199. The van der Waals surface area contributed by atoms with Crippen molar-refractivity contribution in [3.63, 3.8) is 0 Å². The molecular formula is C41H30N4O. The molecule has 5 heteroatoms. The minimum atomic E-state index is 0.508. The maximum Gasteiger partial charge on any atom is 0.153 e. The van der Waals surface area contributed by atoms with Crippen molar-refractivity contribution in [3.05, 3.63) is 133 Å². The van der Waals surface area contributed by atoms with Crippen molar-refractivity contribution in [2.45, 2.75) is 20.3 Å². The van der Waals surface area contributed by atoms with Crippen molar-refractivity contribution in [1.29, 1.82) is 0 Å². The van der Waals surface area contributed by atoms with Crippen molar-refractivity contribution in [1.82, 2.24) is 19.5 Å². The van der Waals surface area contributed by atoms with Gasteiger partial charge in [0.25, 0.3) is 0 Å². The van der Waals surface area contributed by atoms with Crippen LogP contribution in [0.1, 0.15) is 19.4 Å². The first kappa shape index (κ1) is 26.6. The molecule has 9 rings (SSSR count). The van der Waals surface area contributed by atoms with Gasteiger partial charge in [-0.25, -0.2) is 0 Å². The number of benzene rings is 4. The Morgan fingerprint density at radius 3 is 2.39 bits per heavy atom. The van der Waals surface area contributed by atoms with Gasteiger partial charge in [-0.3, -0.25) is 15.0 Å². The fourth-order valence-corrected chi connectivity index (χ4v) is 6.96. The van der Waals surface area contributed by atoms with E-state index in [1.54, 1.807) is 0 Å². The molecule has 9 aromatic rings. The van der Waals surface area contributed by atoms with Crippen LogP contribution < -0.4 is 0 Å². The second-order valence-corrected chi connectivity index (χ2v) is 12.5. The molecule has 5 nitrogen and oxygen atoms in total. The van der Waals surface area contributed by atoms with Crippen LogP contribution in [-0.4, -0.2) is 19.5 Å². The van der Waals surface area contributed by atoms with E-state index in [-0.39, 0.29) is 0 Å². The molecule has 0 radical (unpaired) electrons. The average molecular weight is 595 g/mol. The number of para-hydroxylation sites is 2. The molecular weight excluding hydrogens is 564 g/mol. The van der Waals surface area contributed by atoms with Gasteiger partial charge in [0, 0.05) is 50.8 Å². The number of hydrogen-bond donors (Lipinski definition) is 0. The average Bonchev–Trinajstić information content (AvgIpc) is 3.62. The van der Waals surface area contributed by atoms with Gasteiger partial charge in [-0.1, -0.05) is 62.4 Å². The van der Waals surface area contributed by atoms with Gasteiger partial charge in [0.1, 0.15) is 5.58 Å². The molecule has 4 aromatic carbocycles. The molecule has 0 bridgehead atoms. The largest absolute Gasteiger partial charge is 0.454 e. The van der Waals surface area contributed by atoms with Crippen molar-refractivity contribution in [2.24, 2.45) is 5.92 Å². The van der Waals surface area contributed by atoms with Crippen LogP contribution in [0.2, 0.25) is 0 Å². The second kappa shape index (κ2) is 10.4. The SMILES string of the molecule is CC(C)Cc1cc(-c2cc3c(cn2)oc2ccccc23)cc(-n2c3ccccc3c3ccc(-c4ccnc5cccnc45)cc32)c1. The molecule has 5 aromatic heterocycles. The lowest BCUT2D eigenvalue weighted by molar-refractivity contribution is 0.647. The molecule has 46 heavy (non-hydrogen) atoms. The summed E-state index contributed by atoms with van der Waals surface area (Å²) in [6.07, 6.45) is 6.53. The summed E-state index contributed by atoms with van der Waals surface area (Å²) in [6, 6.07) is 38.7. The molecule has 0 fully saturated rings. The maximum atomic E-state index is 6.10. The molecule has 5 heterocycles. The Labute approximate surface area is 265 Å². The highest BCUT2D eigenvalue weighted by molar-refractivity contribution is 6.11. The number of pyridine rings is 3. The van der Waals surface area contributed by atoms with Crippen LogP contribution in [0, 0.1) is 5.92 Å². The molecule has 0 N–H and O–H groups in total. The highest BCUT2D eigenvalue weighted by Crippen LogP contribution is 2.38. The van der Waals surface area contributed by atoms with Crippen LogP contribution in [0.5, 0.6) is 0 Å². The lowest BCUT2D eigenvalue weighted by Crippen LogP contribution is -2.00. The lowest BCUT2D eigenvalue weighted by atomic mass is 9.98. The summed E-state index contributed by atoms with van der Waals surface area (Å²) in [5.41, 5.74) is 12.4. The predicted molar refractivity (Wildman–Crippen MR) is 188 cm³/mol. The normalized spacial score (nSPS) is 12.0. The van der Waals surface area contributed by atoms with E-state index in [1.807, 2.05) is 42.9 Å². The Morgan fingerprint density at radius 2 is 1.48 bits per heavy atom. The standard InChI is InChI=1S/C41H30N4O/c1-25(2)18-26-19-28(36-23-34-33-9-4-6-12-39(33)46-40(34)24-44-36)21-29(20-26)45-37-11-5-3-8-31(37)32-14-13-27(22-38(32)45)30-15-17-42-35-10-7-16-43-41(30)35/h3-17,19-25H,18H2,1-2H3. The van der Waals surface area contributed by atoms with E-state index >= 15 is 0 Å². The van der Waals surface area contributed by atoms with E-state index in [2.05, 4.69) is 108 Å². The van der Waals surface area contributed by atoms with E-state index in [0.29, 0.717) is 5.92 Å². The number of rotatable bonds is 5. The third-order valence-corrected chi connectivity index (χ3v) is 8.92. The van der Waals surface area contributed by atoms with E-state index in [1.165, 1.54) is 21.9 Å². The fourth-order valence-electron chi connectivity index (χ4n) is 6.96. The molecule has 0 aliphatic heterocycles. The molecule has 0 aliphatic rings. The van der Waals surface area contributed by atoms with E-state index < -0.39 is 0 Å². The Bertz CT molecular complexity index is 2600. The van der Waals surface area contributed by atoms with Gasteiger partial charge >= 0.3 is 0 Å². The summed E-state index contributed by atoms with van der Waals surface area (Å²) in [7, 11) is 0. The topological polar surface area (TPSA) is 56.7 Å². The molecule has 0 unspecified atom stereocenters. The van der Waals surface area contributed by atoms with Crippen molar-refractivity contribution >= 4 is 54.8 Å². The summed E-state index contributed by atoms with van der Waals surface area (Å²) in [6.45, 7) is 4.54. The van der Waals surface area contributed by atoms with Gasteiger partial charge in [-0.05, 0) is 84.1 Å². The number of fused-ring (bicyclic) bond motifs is 7. The van der Waals surface area contributed by atoms with Gasteiger partial charge in [0.15, 0.2) is 5.58 Å². The predicted octanol–water partition coefficient (Wildman–Crippen LogP) is 10.6. The smallest absolute Gasteiger partial charge is 0.153 e. The monoisotopic (exact) mass is 594 g/mol. The number of furan rings is 1. The summed E-state index contributed by atoms with van der Waals surface area (Å²) in [5, 5.41) is 4.62. The van der Waals surface area contributed by atoms with Crippen LogP contribution in [0.15, 0.2) is 132 Å². The van der Waals surface area contributed by atoms with Crippen LogP contribution in [0.25, 0.3) is 82.8 Å².